The summed E-state index contributed by atoms with van der Waals surface area (Å²) in [5.74, 6) is 0.403. The van der Waals surface area contributed by atoms with Crippen LogP contribution < -0.4 is 4.74 Å². The van der Waals surface area contributed by atoms with Crippen LogP contribution in [-0.4, -0.2) is 35.4 Å². The molecule has 1 fully saturated rings. The van der Waals surface area contributed by atoms with E-state index in [4.69, 9.17) is 4.74 Å². The molecule has 108 valence electrons. The zero-order valence-electron chi connectivity index (χ0n) is 11.3. The van der Waals surface area contributed by atoms with E-state index in [2.05, 4.69) is 0 Å². The Hall–Kier alpha value is -2.11. The normalized spacial score (nSPS) is 14.3. The van der Waals surface area contributed by atoms with Gasteiger partial charge in [0.1, 0.15) is 0 Å². The maximum absolute atomic E-state index is 11.8. The summed E-state index contributed by atoms with van der Waals surface area (Å²) in [6.07, 6.45) is 3.17. The summed E-state index contributed by atoms with van der Waals surface area (Å²) in [5.41, 5.74) is -0.0432. The number of hydrogen-bond donors (Lipinski definition) is 0. The molecule has 0 unspecified atom stereocenters. The first-order chi connectivity index (χ1) is 9.68. The van der Waals surface area contributed by atoms with Crippen molar-refractivity contribution >= 4 is 11.6 Å². The van der Waals surface area contributed by atoms with E-state index < -0.39 is 4.92 Å². The first-order valence-corrected chi connectivity index (χ1v) is 6.82. The smallest absolute Gasteiger partial charge is 0.310 e. The Kier molecular flexibility index (Phi) is 4.92. The molecule has 0 N–H and O–H groups in total. The van der Waals surface area contributed by atoms with E-state index in [1.54, 1.807) is 18.2 Å². The average Bonchev–Trinajstić information content (AvgIpc) is 2.98. The van der Waals surface area contributed by atoms with Crippen LogP contribution in [0.4, 0.5) is 5.69 Å². The number of hydrogen-bond acceptors (Lipinski definition) is 4. The van der Waals surface area contributed by atoms with E-state index in [0.717, 1.165) is 25.9 Å². The minimum absolute atomic E-state index is 0.0432. The molecule has 1 aromatic carbocycles. The minimum Gasteiger partial charge on any atom is -0.487 e. The molecule has 2 rings (SSSR count). The highest BCUT2D eigenvalue weighted by atomic mass is 16.6. The lowest BCUT2D eigenvalue weighted by molar-refractivity contribution is -0.385. The molecule has 1 saturated heterocycles. The number of carbonyl (C=O) groups excluding carboxylic acids is 1. The highest BCUT2D eigenvalue weighted by molar-refractivity contribution is 5.76. The van der Waals surface area contributed by atoms with E-state index in [0.29, 0.717) is 19.4 Å². The van der Waals surface area contributed by atoms with Gasteiger partial charge in [0.25, 0.3) is 0 Å². The molecule has 1 heterocycles. The van der Waals surface area contributed by atoms with E-state index >= 15 is 0 Å². The summed E-state index contributed by atoms with van der Waals surface area (Å²) in [6, 6.07) is 6.27. The standard InChI is InChI=1S/C14H18N2O4/c17-14(15-9-3-4-10-15)8-5-11-20-13-7-2-1-6-12(13)16(18)19/h1-2,6-7H,3-5,8-11H2. The Morgan fingerprint density at radius 2 is 2.00 bits per heavy atom. The van der Waals surface area contributed by atoms with Crippen LogP contribution in [0.5, 0.6) is 5.75 Å². The molecule has 0 atom stereocenters. The molecule has 1 aliphatic heterocycles. The fraction of sp³-hybridized carbons (Fsp3) is 0.500. The quantitative estimate of drug-likeness (QED) is 0.455. The lowest BCUT2D eigenvalue weighted by atomic mass is 10.3. The molecule has 6 heteroatoms. The summed E-state index contributed by atoms with van der Waals surface area (Å²) in [6.45, 7) is 2.01. The van der Waals surface area contributed by atoms with Crippen LogP contribution in [0.25, 0.3) is 0 Å². The fourth-order valence-corrected chi connectivity index (χ4v) is 2.26. The Morgan fingerprint density at radius 3 is 2.70 bits per heavy atom. The van der Waals surface area contributed by atoms with Gasteiger partial charge in [0, 0.05) is 25.6 Å². The van der Waals surface area contributed by atoms with Crippen molar-refractivity contribution in [3.63, 3.8) is 0 Å². The summed E-state index contributed by atoms with van der Waals surface area (Å²) in [5, 5.41) is 10.8. The predicted molar refractivity (Wildman–Crippen MR) is 73.6 cm³/mol. The van der Waals surface area contributed by atoms with E-state index in [1.165, 1.54) is 6.07 Å². The van der Waals surface area contributed by atoms with Gasteiger partial charge in [-0.15, -0.1) is 0 Å². The number of benzene rings is 1. The van der Waals surface area contributed by atoms with Gasteiger partial charge in [-0.1, -0.05) is 12.1 Å². The molecule has 0 aromatic heterocycles. The molecule has 0 radical (unpaired) electrons. The number of para-hydroxylation sites is 2. The minimum atomic E-state index is -0.468. The number of rotatable bonds is 6. The van der Waals surface area contributed by atoms with Gasteiger partial charge in [-0.05, 0) is 25.3 Å². The maximum Gasteiger partial charge on any atom is 0.310 e. The van der Waals surface area contributed by atoms with E-state index in [1.807, 2.05) is 4.90 Å². The van der Waals surface area contributed by atoms with Crippen molar-refractivity contribution in [2.24, 2.45) is 0 Å². The van der Waals surface area contributed by atoms with Gasteiger partial charge in [0.2, 0.25) is 5.91 Å². The molecule has 20 heavy (non-hydrogen) atoms. The molecule has 0 spiro atoms. The van der Waals surface area contributed by atoms with E-state index in [9.17, 15) is 14.9 Å². The molecular formula is C14H18N2O4. The van der Waals surface area contributed by atoms with Crippen molar-refractivity contribution in [3.05, 3.63) is 34.4 Å². The third kappa shape index (κ3) is 3.69. The van der Waals surface area contributed by atoms with Crippen LogP contribution in [0.1, 0.15) is 25.7 Å². The van der Waals surface area contributed by atoms with Crippen LogP contribution in [0.15, 0.2) is 24.3 Å². The van der Waals surface area contributed by atoms with Crippen molar-refractivity contribution < 1.29 is 14.5 Å². The van der Waals surface area contributed by atoms with Crippen LogP contribution in [0.3, 0.4) is 0 Å². The van der Waals surface area contributed by atoms with Crippen molar-refractivity contribution in [1.29, 1.82) is 0 Å². The number of nitro benzene ring substituents is 1. The summed E-state index contributed by atoms with van der Waals surface area (Å²) < 4.78 is 5.40. The topological polar surface area (TPSA) is 72.7 Å². The third-order valence-corrected chi connectivity index (χ3v) is 3.31. The summed E-state index contributed by atoms with van der Waals surface area (Å²) in [4.78, 5) is 24.0. The van der Waals surface area contributed by atoms with Crippen molar-refractivity contribution in [3.8, 4) is 5.75 Å². The summed E-state index contributed by atoms with van der Waals surface area (Å²) >= 11 is 0. The number of carbonyl (C=O) groups is 1. The molecule has 1 aliphatic rings. The van der Waals surface area contributed by atoms with Gasteiger partial charge < -0.3 is 9.64 Å². The number of ether oxygens (including phenoxy) is 1. The molecule has 6 nitrogen and oxygen atoms in total. The molecule has 0 saturated carbocycles. The summed E-state index contributed by atoms with van der Waals surface area (Å²) in [7, 11) is 0. The molecule has 1 amide bonds. The van der Waals surface area contributed by atoms with Crippen LogP contribution in [0.2, 0.25) is 0 Å². The lowest BCUT2D eigenvalue weighted by Crippen LogP contribution is -2.27. The Balaban J connectivity index is 1.76. The lowest BCUT2D eigenvalue weighted by Gasteiger charge is -2.14. The van der Waals surface area contributed by atoms with Crippen LogP contribution >= 0.6 is 0 Å². The van der Waals surface area contributed by atoms with Crippen molar-refractivity contribution in [2.75, 3.05) is 19.7 Å². The predicted octanol–water partition coefficient (Wildman–Crippen LogP) is 2.38. The second-order valence-electron chi connectivity index (χ2n) is 4.76. The number of nitro groups is 1. The van der Waals surface area contributed by atoms with Crippen LogP contribution in [0, 0.1) is 10.1 Å². The van der Waals surface area contributed by atoms with Gasteiger partial charge in [-0.2, -0.15) is 0 Å². The van der Waals surface area contributed by atoms with Gasteiger partial charge >= 0.3 is 5.69 Å². The maximum atomic E-state index is 11.8. The Morgan fingerprint density at radius 1 is 1.30 bits per heavy atom. The van der Waals surface area contributed by atoms with Gasteiger partial charge in [-0.25, -0.2) is 0 Å². The van der Waals surface area contributed by atoms with Gasteiger partial charge in [0.05, 0.1) is 11.5 Å². The third-order valence-electron chi connectivity index (χ3n) is 3.31. The monoisotopic (exact) mass is 278 g/mol. The van der Waals surface area contributed by atoms with Crippen molar-refractivity contribution in [2.45, 2.75) is 25.7 Å². The fourth-order valence-electron chi connectivity index (χ4n) is 2.26. The number of nitrogens with zero attached hydrogens (tertiary/aromatic N) is 2. The molecule has 0 bridgehead atoms. The second kappa shape index (κ2) is 6.88. The Labute approximate surface area is 117 Å². The second-order valence-corrected chi connectivity index (χ2v) is 4.76. The zero-order valence-corrected chi connectivity index (χ0v) is 11.3. The number of likely N-dealkylation sites (tertiary alicyclic amines) is 1. The SMILES string of the molecule is O=C(CCCOc1ccccc1[N+](=O)[O-])N1CCCC1. The largest absolute Gasteiger partial charge is 0.487 e. The van der Waals surface area contributed by atoms with Gasteiger partial charge in [-0.3, -0.25) is 14.9 Å². The molecule has 1 aromatic rings. The molecular weight excluding hydrogens is 260 g/mol. The first-order valence-electron chi connectivity index (χ1n) is 6.82. The highest BCUT2D eigenvalue weighted by Gasteiger charge is 2.17. The zero-order chi connectivity index (χ0) is 14.4. The average molecular weight is 278 g/mol. The van der Waals surface area contributed by atoms with Crippen LogP contribution in [-0.2, 0) is 4.79 Å². The van der Waals surface area contributed by atoms with Crippen molar-refractivity contribution in [1.82, 2.24) is 4.90 Å². The Bertz CT molecular complexity index is 484. The van der Waals surface area contributed by atoms with E-state index in [-0.39, 0.29) is 17.3 Å². The molecule has 0 aliphatic carbocycles. The highest BCUT2D eigenvalue weighted by Crippen LogP contribution is 2.25. The number of amides is 1. The first kappa shape index (κ1) is 14.3. The van der Waals surface area contributed by atoms with Gasteiger partial charge in [0.15, 0.2) is 5.75 Å².